The summed E-state index contributed by atoms with van der Waals surface area (Å²) >= 11 is 0. The number of nitrogens with zero attached hydrogens (tertiary/aromatic N) is 2. The smallest absolute Gasteiger partial charge is 0.133 e. The molecule has 1 saturated heterocycles. The van der Waals surface area contributed by atoms with Gasteiger partial charge in [0.25, 0.3) is 0 Å². The number of aromatic nitrogens is 1. The summed E-state index contributed by atoms with van der Waals surface area (Å²) in [5.74, 6) is 1.05. The first kappa shape index (κ1) is 9.12. The van der Waals surface area contributed by atoms with Gasteiger partial charge in [-0.25, -0.2) is 4.98 Å². The lowest BCUT2D eigenvalue weighted by molar-refractivity contribution is 0.194. The number of anilines is 1. The summed E-state index contributed by atoms with van der Waals surface area (Å²) in [4.78, 5) is 6.67. The number of rotatable bonds is 0. The molecule has 4 nitrogen and oxygen atoms in total. The first-order valence-electron chi connectivity index (χ1n) is 5.44. The highest BCUT2D eigenvalue weighted by atomic mass is 16.3. The minimum atomic E-state index is -0.204. The Bertz CT molecular complexity index is 369. The van der Waals surface area contributed by atoms with Crippen LogP contribution in [0.5, 0.6) is 0 Å². The molecule has 4 heteroatoms. The van der Waals surface area contributed by atoms with Gasteiger partial charge in [0.05, 0.1) is 6.10 Å². The van der Waals surface area contributed by atoms with Crippen molar-refractivity contribution in [2.45, 2.75) is 25.1 Å². The van der Waals surface area contributed by atoms with Crippen LogP contribution in [0.15, 0.2) is 18.3 Å². The summed E-state index contributed by atoms with van der Waals surface area (Å²) in [7, 11) is 0. The van der Waals surface area contributed by atoms with Crippen molar-refractivity contribution in [1.82, 2.24) is 10.3 Å². The maximum absolute atomic E-state index is 9.68. The Kier molecular flexibility index (Phi) is 2.11. The molecule has 0 spiro atoms. The Morgan fingerprint density at radius 2 is 2.47 bits per heavy atom. The second-order valence-electron chi connectivity index (χ2n) is 4.31. The molecule has 3 rings (SSSR count). The van der Waals surface area contributed by atoms with Crippen LogP contribution in [0, 0.1) is 0 Å². The van der Waals surface area contributed by atoms with E-state index in [4.69, 9.17) is 0 Å². The van der Waals surface area contributed by atoms with Crippen molar-refractivity contribution in [2.75, 3.05) is 18.0 Å². The standard InChI is InChI=1S/C11H15N3O/c15-10-4-9-6-12-5-8-2-1-3-13-11(8)14(9)7-10/h1-3,9-10,12,15H,4-7H2/t9-,10-/m1/s1. The van der Waals surface area contributed by atoms with Gasteiger partial charge in [-0.05, 0) is 12.5 Å². The molecule has 1 aromatic rings. The van der Waals surface area contributed by atoms with Crippen molar-refractivity contribution in [3.8, 4) is 0 Å². The van der Waals surface area contributed by atoms with Crippen molar-refractivity contribution < 1.29 is 5.11 Å². The fraction of sp³-hybridized carbons (Fsp3) is 0.545. The van der Waals surface area contributed by atoms with E-state index in [1.165, 1.54) is 5.56 Å². The molecule has 3 heterocycles. The van der Waals surface area contributed by atoms with Crippen LogP contribution in [0.25, 0.3) is 0 Å². The summed E-state index contributed by atoms with van der Waals surface area (Å²) in [6.07, 6.45) is 2.47. The third-order valence-corrected chi connectivity index (χ3v) is 3.23. The topological polar surface area (TPSA) is 48.4 Å². The van der Waals surface area contributed by atoms with E-state index in [1.54, 1.807) is 0 Å². The summed E-state index contributed by atoms with van der Waals surface area (Å²) < 4.78 is 0. The molecule has 2 atom stereocenters. The van der Waals surface area contributed by atoms with E-state index in [0.717, 1.165) is 31.9 Å². The molecule has 0 unspecified atom stereocenters. The molecular formula is C11H15N3O. The van der Waals surface area contributed by atoms with E-state index < -0.39 is 0 Å². The fourth-order valence-corrected chi connectivity index (χ4v) is 2.55. The highest BCUT2D eigenvalue weighted by Gasteiger charge is 2.33. The lowest BCUT2D eigenvalue weighted by Gasteiger charge is -2.23. The third-order valence-electron chi connectivity index (χ3n) is 3.23. The summed E-state index contributed by atoms with van der Waals surface area (Å²) in [6, 6.07) is 4.46. The number of pyridine rings is 1. The SMILES string of the molecule is O[C@@H]1C[C@@H]2CNCc3cccnc3N2C1. The van der Waals surface area contributed by atoms with Gasteiger partial charge in [-0.1, -0.05) is 6.07 Å². The number of aliphatic hydroxyl groups excluding tert-OH is 1. The average Bonchev–Trinajstić information content (AvgIpc) is 2.52. The van der Waals surface area contributed by atoms with Gasteiger partial charge in [0.2, 0.25) is 0 Å². The zero-order chi connectivity index (χ0) is 10.3. The van der Waals surface area contributed by atoms with Crippen LogP contribution in [0.4, 0.5) is 5.82 Å². The summed E-state index contributed by atoms with van der Waals surface area (Å²) in [5, 5.41) is 13.1. The van der Waals surface area contributed by atoms with E-state index in [0.29, 0.717) is 6.04 Å². The fourth-order valence-electron chi connectivity index (χ4n) is 2.55. The largest absolute Gasteiger partial charge is 0.391 e. The molecule has 0 aliphatic carbocycles. The van der Waals surface area contributed by atoms with Crippen LogP contribution >= 0.6 is 0 Å². The van der Waals surface area contributed by atoms with Crippen LogP contribution in [0.3, 0.4) is 0 Å². The number of aliphatic hydroxyl groups is 1. The summed E-state index contributed by atoms with van der Waals surface area (Å²) in [6.45, 7) is 2.54. The Hall–Kier alpha value is -1.13. The second-order valence-corrected chi connectivity index (χ2v) is 4.31. The van der Waals surface area contributed by atoms with Crippen LogP contribution in [0.2, 0.25) is 0 Å². The zero-order valence-corrected chi connectivity index (χ0v) is 8.56. The maximum atomic E-state index is 9.68. The van der Waals surface area contributed by atoms with Gasteiger partial charge >= 0.3 is 0 Å². The summed E-state index contributed by atoms with van der Waals surface area (Å²) in [5.41, 5.74) is 1.23. The van der Waals surface area contributed by atoms with E-state index in [-0.39, 0.29) is 6.10 Å². The number of hydrogen-bond donors (Lipinski definition) is 2. The van der Waals surface area contributed by atoms with Gasteiger partial charge in [0.15, 0.2) is 0 Å². The molecule has 15 heavy (non-hydrogen) atoms. The molecule has 1 fully saturated rings. The molecular weight excluding hydrogens is 190 g/mol. The molecule has 2 aliphatic heterocycles. The predicted molar refractivity (Wildman–Crippen MR) is 57.7 cm³/mol. The third kappa shape index (κ3) is 1.50. The minimum absolute atomic E-state index is 0.204. The van der Waals surface area contributed by atoms with Crippen LogP contribution in [-0.4, -0.2) is 35.3 Å². The average molecular weight is 205 g/mol. The van der Waals surface area contributed by atoms with E-state index >= 15 is 0 Å². The minimum Gasteiger partial charge on any atom is -0.391 e. The second kappa shape index (κ2) is 3.47. The lowest BCUT2D eigenvalue weighted by atomic mass is 10.2. The Morgan fingerprint density at radius 1 is 1.53 bits per heavy atom. The monoisotopic (exact) mass is 205 g/mol. The Morgan fingerprint density at radius 3 is 3.40 bits per heavy atom. The highest BCUT2D eigenvalue weighted by Crippen LogP contribution is 2.28. The first-order valence-corrected chi connectivity index (χ1v) is 5.44. The van der Waals surface area contributed by atoms with Crippen LogP contribution in [-0.2, 0) is 6.54 Å². The molecule has 80 valence electrons. The van der Waals surface area contributed by atoms with Gasteiger partial charge in [-0.3, -0.25) is 0 Å². The zero-order valence-electron chi connectivity index (χ0n) is 8.56. The number of fused-ring (bicyclic) bond motifs is 3. The normalized spacial score (nSPS) is 29.5. The van der Waals surface area contributed by atoms with Crippen molar-refractivity contribution in [2.24, 2.45) is 0 Å². The van der Waals surface area contributed by atoms with E-state index in [1.807, 2.05) is 12.3 Å². The van der Waals surface area contributed by atoms with Gasteiger partial charge < -0.3 is 15.3 Å². The quantitative estimate of drug-likeness (QED) is 0.632. The predicted octanol–water partition coefficient (Wildman–Crippen LogP) is 0.124. The molecule has 0 aromatic carbocycles. The Balaban J connectivity index is 2.01. The van der Waals surface area contributed by atoms with E-state index in [9.17, 15) is 5.11 Å². The van der Waals surface area contributed by atoms with Gasteiger partial charge in [-0.2, -0.15) is 0 Å². The number of hydrogen-bond acceptors (Lipinski definition) is 4. The molecule has 2 N–H and O–H groups in total. The Labute approximate surface area is 88.9 Å². The first-order chi connectivity index (χ1) is 7.34. The van der Waals surface area contributed by atoms with Gasteiger partial charge in [0, 0.05) is 37.4 Å². The maximum Gasteiger partial charge on any atom is 0.133 e. The molecule has 0 saturated carbocycles. The van der Waals surface area contributed by atoms with Crippen molar-refractivity contribution >= 4 is 5.82 Å². The molecule has 0 bridgehead atoms. The highest BCUT2D eigenvalue weighted by molar-refractivity contribution is 5.50. The van der Waals surface area contributed by atoms with Crippen molar-refractivity contribution in [1.29, 1.82) is 0 Å². The number of nitrogens with one attached hydrogen (secondary N) is 1. The lowest BCUT2D eigenvalue weighted by Crippen LogP contribution is -2.35. The van der Waals surface area contributed by atoms with Crippen LogP contribution in [0.1, 0.15) is 12.0 Å². The van der Waals surface area contributed by atoms with Gasteiger partial charge in [0.1, 0.15) is 5.82 Å². The van der Waals surface area contributed by atoms with Crippen molar-refractivity contribution in [3.05, 3.63) is 23.9 Å². The molecule has 0 radical (unpaired) electrons. The molecule has 1 aromatic heterocycles. The molecule has 2 aliphatic rings. The molecule has 0 amide bonds. The van der Waals surface area contributed by atoms with Crippen molar-refractivity contribution in [3.63, 3.8) is 0 Å². The van der Waals surface area contributed by atoms with Gasteiger partial charge in [-0.15, -0.1) is 0 Å². The van der Waals surface area contributed by atoms with E-state index in [2.05, 4.69) is 21.3 Å². The van der Waals surface area contributed by atoms with Crippen LogP contribution < -0.4 is 10.2 Å².